The number of rotatable bonds is 0. The first-order chi connectivity index (χ1) is 2.73. The van der Waals surface area contributed by atoms with E-state index in [4.69, 9.17) is 30.6 Å². The SMILES string of the molecule is CO.[Cl][Zr]([Cl])[Cl]. The van der Waals surface area contributed by atoms with E-state index in [1.165, 1.54) is 0 Å². The Bertz CT molecular complexity index is 15.5. The molecule has 0 heterocycles. The third kappa shape index (κ3) is 43.2. The Hall–Kier alpha value is 1.71. The molecule has 6 heavy (non-hydrogen) atoms. The van der Waals surface area contributed by atoms with Gasteiger partial charge in [-0.25, -0.2) is 0 Å². The van der Waals surface area contributed by atoms with Crippen LogP contribution in [0.1, 0.15) is 0 Å². The zero-order valence-electron chi connectivity index (χ0n) is 3.08. The molecule has 0 saturated carbocycles. The summed E-state index contributed by atoms with van der Waals surface area (Å²) in [5.41, 5.74) is 0. The summed E-state index contributed by atoms with van der Waals surface area (Å²) in [5.74, 6) is 0. The van der Waals surface area contributed by atoms with E-state index in [1.807, 2.05) is 0 Å². The van der Waals surface area contributed by atoms with Crippen molar-refractivity contribution in [2.24, 2.45) is 0 Å². The predicted molar refractivity (Wildman–Crippen MR) is 25.7 cm³/mol. The molecule has 0 fully saturated rings. The Kier molecular flexibility index (Phi) is 17.5. The molecule has 0 rings (SSSR count). The maximum atomic E-state index is 7.00. The van der Waals surface area contributed by atoms with Crippen molar-refractivity contribution in [3.63, 3.8) is 0 Å². The van der Waals surface area contributed by atoms with E-state index in [1.54, 1.807) is 0 Å². The van der Waals surface area contributed by atoms with Crippen molar-refractivity contribution < 1.29 is 23.3 Å². The summed E-state index contributed by atoms with van der Waals surface area (Å²) in [5, 5.41) is 7.00. The standard InChI is InChI=1S/CH4O.3ClH.Zr/c1-2;;;;/h2H,1H3;3*1H;/q;;;;+3/p-3. The molecule has 0 bridgehead atoms. The Morgan fingerprint density at radius 2 is 1.17 bits per heavy atom. The molecule has 0 amide bonds. The fraction of sp³-hybridized carbons (Fsp3) is 1.00. The summed E-state index contributed by atoms with van der Waals surface area (Å²) >= 11 is -2.13. The quantitative estimate of drug-likeness (QED) is 0.670. The van der Waals surface area contributed by atoms with E-state index in [2.05, 4.69) is 0 Å². The molecule has 0 unspecified atom stereocenters. The number of aliphatic hydroxyl groups is 1. The van der Waals surface area contributed by atoms with Crippen LogP contribution < -0.4 is 0 Å². The van der Waals surface area contributed by atoms with Gasteiger partial charge in [0.05, 0.1) is 0 Å². The minimum atomic E-state index is -2.13. The van der Waals surface area contributed by atoms with Gasteiger partial charge in [-0.1, -0.05) is 0 Å². The zero-order valence-corrected chi connectivity index (χ0v) is 7.81. The first-order valence-corrected chi connectivity index (χ1v) is 10.5. The van der Waals surface area contributed by atoms with E-state index in [9.17, 15) is 0 Å². The molecule has 0 aliphatic carbocycles. The van der Waals surface area contributed by atoms with E-state index in [-0.39, 0.29) is 0 Å². The topological polar surface area (TPSA) is 20.2 Å². The van der Waals surface area contributed by atoms with E-state index >= 15 is 0 Å². The van der Waals surface area contributed by atoms with Gasteiger partial charge in [0.15, 0.2) is 0 Å². The van der Waals surface area contributed by atoms with Crippen molar-refractivity contribution in [1.82, 2.24) is 0 Å². The van der Waals surface area contributed by atoms with Crippen LogP contribution in [0.15, 0.2) is 0 Å². The van der Waals surface area contributed by atoms with Crippen molar-refractivity contribution in [2.45, 2.75) is 0 Å². The van der Waals surface area contributed by atoms with Gasteiger partial charge in [-0.3, -0.25) is 0 Å². The fourth-order valence-corrected chi connectivity index (χ4v) is 0. The van der Waals surface area contributed by atoms with Gasteiger partial charge < -0.3 is 5.11 Å². The molecule has 0 spiro atoms. The summed E-state index contributed by atoms with van der Waals surface area (Å²) < 4.78 is 0. The van der Waals surface area contributed by atoms with Gasteiger partial charge in [0.2, 0.25) is 0 Å². The van der Waals surface area contributed by atoms with E-state index in [0.717, 1.165) is 7.11 Å². The van der Waals surface area contributed by atoms with E-state index < -0.39 is 18.2 Å². The summed E-state index contributed by atoms with van der Waals surface area (Å²) in [6, 6.07) is 0. The van der Waals surface area contributed by atoms with Crippen LogP contribution in [0, 0.1) is 0 Å². The third-order valence-corrected chi connectivity index (χ3v) is 0. The van der Waals surface area contributed by atoms with Gasteiger partial charge in [-0.2, -0.15) is 0 Å². The van der Waals surface area contributed by atoms with Crippen LogP contribution in [0.3, 0.4) is 0 Å². The first kappa shape index (κ1) is 10.6. The van der Waals surface area contributed by atoms with Crippen LogP contribution in [-0.2, 0) is 18.2 Å². The fourth-order valence-electron chi connectivity index (χ4n) is 0. The molecule has 0 aromatic rings. The van der Waals surface area contributed by atoms with Gasteiger partial charge in [-0.05, 0) is 0 Å². The second-order valence-corrected chi connectivity index (χ2v) is 11.4. The molecule has 39 valence electrons. The number of hydrogen-bond donors (Lipinski definition) is 1. The third-order valence-electron chi connectivity index (χ3n) is 0. The number of aliphatic hydroxyl groups excluding tert-OH is 1. The Morgan fingerprint density at radius 3 is 1.17 bits per heavy atom. The molecular weight excluding hydrogens is 226 g/mol. The van der Waals surface area contributed by atoms with Gasteiger partial charge in [0, 0.05) is 7.11 Å². The molecular formula is CH4Cl3OZr. The first-order valence-electron chi connectivity index (χ1n) is 1.01. The van der Waals surface area contributed by atoms with Crippen LogP contribution in [0.2, 0.25) is 0 Å². The van der Waals surface area contributed by atoms with Crippen LogP contribution in [0.5, 0.6) is 0 Å². The van der Waals surface area contributed by atoms with Crippen LogP contribution in [0.25, 0.3) is 0 Å². The van der Waals surface area contributed by atoms with Crippen LogP contribution in [-0.4, -0.2) is 12.2 Å². The van der Waals surface area contributed by atoms with Gasteiger partial charge in [-0.15, -0.1) is 0 Å². The Balaban J connectivity index is 0. The molecule has 0 saturated heterocycles. The monoisotopic (exact) mass is 227 g/mol. The average molecular weight is 230 g/mol. The van der Waals surface area contributed by atoms with Crippen molar-refractivity contribution in [3.05, 3.63) is 0 Å². The summed E-state index contributed by atoms with van der Waals surface area (Å²) in [6.07, 6.45) is 0. The average Bonchev–Trinajstić information content (AvgIpc) is 1.41. The van der Waals surface area contributed by atoms with Crippen molar-refractivity contribution >= 4 is 25.5 Å². The molecule has 0 aromatic carbocycles. The second kappa shape index (κ2) is 9.86. The van der Waals surface area contributed by atoms with Gasteiger partial charge >= 0.3 is 43.7 Å². The van der Waals surface area contributed by atoms with Crippen molar-refractivity contribution in [1.29, 1.82) is 0 Å². The molecule has 1 nitrogen and oxygen atoms in total. The van der Waals surface area contributed by atoms with Gasteiger partial charge in [0.25, 0.3) is 0 Å². The molecule has 0 aliphatic heterocycles. The van der Waals surface area contributed by atoms with Crippen LogP contribution in [0.4, 0.5) is 0 Å². The predicted octanol–water partition coefficient (Wildman–Crippen LogP) is 1.67. The molecule has 0 radical (unpaired) electrons. The Labute approximate surface area is 55.5 Å². The Morgan fingerprint density at radius 1 is 1.17 bits per heavy atom. The molecule has 0 aromatic heterocycles. The summed E-state index contributed by atoms with van der Waals surface area (Å²) in [7, 11) is 16.0. The van der Waals surface area contributed by atoms with Crippen molar-refractivity contribution in [3.8, 4) is 0 Å². The maximum absolute atomic E-state index is 7.00. The summed E-state index contributed by atoms with van der Waals surface area (Å²) in [4.78, 5) is 0. The molecule has 0 aliphatic rings. The zero-order chi connectivity index (χ0) is 5.58. The molecule has 5 heteroatoms. The number of hydrogen-bond acceptors (Lipinski definition) is 1. The summed E-state index contributed by atoms with van der Waals surface area (Å²) in [6.45, 7) is 0. The normalized spacial score (nSPS) is 5.50. The van der Waals surface area contributed by atoms with E-state index in [0.29, 0.717) is 0 Å². The minimum absolute atomic E-state index is 1.00. The van der Waals surface area contributed by atoms with Crippen molar-refractivity contribution in [2.75, 3.05) is 7.11 Å². The molecule has 0 atom stereocenters. The van der Waals surface area contributed by atoms with Gasteiger partial charge in [0.1, 0.15) is 0 Å². The second-order valence-electron chi connectivity index (χ2n) is 0.214. The van der Waals surface area contributed by atoms with Crippen LogP contribution >= 0.6 is 25.5 Å². The molecule has 1 N–H and O–H groups in total. The number of halogens is 3.